The highest BCUT2D eigenvalue weighted by Crippen LogP contribution is 2.31. The molecule has 0 saturated heterocycles. The number of halogens is 1. The fourth-order valence-corrected chi connectivity index (χ4v) is 4.29. The average molecular weight is 477 g/mol. The van der Waals surface area contributed by atoms with Gasteiger partial charge in [0, 0.05) is 41.2 Å². The smallest absolute Gasteiger partial charge is 0.326 e. The highest BCUT2D eigenvalue weighted by molar-refractivity contribution is 6.31. The van der Waals surface area contributed by atoms with Gasteiger partial charge in [0.15, 0.2) is 0 Å². The monoisotopic (exact) mass is 476 g/mol. The number of fused-ring (bicyclic) bond motifs is 1. The summed E-state index contributed by atoms with van der Waals surface area (Å²) in [6, 6.07) is 20.9. The second-order valence-electron chi connectivity index (χ2n) is 8.27. The van der Waals surface area contributed by atoms with Crippen molar-refractivity contribution in [2.24, 2.45) is 0 Å². The summed E-state index contributed by atoms with van der Waals surface area (Å²) in [4.78, 5) is 24.4. The minimum absolute atomic E-state index is 0.110. The Morgan fingerprint density at radius 2 is 1.76 bits per heavy atom. The topological polar surface area (TPSA) is 91.6 Å². The molecule has 6 nitrogen and oxygen atoms in total. The molecule has 0 fully saturated rings. The molecular formula is C27H25ClN2O4. The van der Waals surface area contributed by atoms with Gasteiger partial charge < -0.3 is 20.1 Å². The van der Waals surface area contributed by atoms with E-state index in [1.807, 2.05) is 31.2 Å². The van der Waals surface area contributed by atoms with Crippen LogP contribution in [0.3, 0.4) is 0 Å². The summed E-state index contributed by atoms with van der Waals surface area (Å²) < 4.78 is 2.06. The van der Waals surface area contributed by atoms with Crippen LogP contribution in [-0.4, -0.2) is 32.7 Å². The van der Waals surface area contributed by atoms with E-state index < -0.39 is 12.0 Å². The number of para-hydroxylation sites is 1. The van der Waals surface area contributed by atoms with Crippen LogP contribution < -0.4 is 5.32 Å². The number of phenols is 1. The number of hydrogen-bond donors (Lipinski definition) is 3. The lowest BCUT2D eigenvalue weighted by atomic mass is 10.00. The van der Waals surface area contributed by atoms with Crippen LogP contribution in [0.4, 0.5) is 0 Å². The van der Waals surface area contributed by atoms with Crippen LogP contribution in [0.25, 0.3) is 22.0 Å². The number of benzene rings is 3. The molecule has 1 heterocycles. The summed E-state index contributed by atoms with van der Waals surface area (Å²) in [5.74, 6) is -1.30. The van der Waals surface area contributed by atoms with Crippen molar-refractivity contribution < 1.29 is 19.8 Å². The molecule has 0 aliphatic carbocycles. The average Bonchev–Trinajstić information content (AvgIpc) is 3.14. The molecule has 0 bridgehead atoms. The maximum Gasteiger partial charge on any atom is 0.326 e. The zero-order valence-corrected chi connectivity index (χ0v) is 19.4. The lowest BCUT2D eigenvalue weighted by molar-refractivity contribution is -0.141. The van der Waals surface area contributed by atoms with Gasteiger partial charge in [-0.25, -0.2) is 4.79 Å². The molecular weight excluding hydrogens is 452 g/mol. The molecule has 7 heteroatoms. The van der Waals surface area contributed by atoms with Gasteiger partial charge in [-0.05, 0) is 53.8 Å². The van der Waals surface area contributed by atoms with E-state index in [0.29, 0.717) is 17.1 Å². The number of aromatic nitrogens is 1. The Morgan fingerprint density at radius 1 is 1.03 bits per heavy atom. The molecule has 0 spiro atoms. The van der Waals surface area contributed by atoms with Crippen molar-refractivity contribution in [3.8, 4) is 16.9 Å². The van der Waals surface area contributed by atoms with E-state index >= 15 is 0 Å². The number of carboxylic acids is 1. The number of amides is 1. The molecule has 0 unspecified atom stereocenters. The van der Waals surface area contributed by atoms with E-state index in [2.05, 4.69) is 16.0 Å². The summed E-state index contributed by atoms with van der Waals surface area (Å²) in [6.07, 6.45) is 0.324. The van der Waals surface area contributed by atoms with Gasteiger partial charge in [0.25, 0.3) is 0 Å². The predicted octanol–water partition coefficient (Wildman–Crippen LogP) is 5.18. The van der Waals surface area contributed by atoms with Crippen LogP contribution in [0.2, 0.25) is 5.02 Å². The Morgan fingerprint density at radius 3 is 2.50 bits per heavy atom. The molecule has 0 aliphatic heterocycles. The maximum atomic E-state index is 12.6. The number of aryl methyl sites for hydroxylation is 2. The molecule has 1 aromatic heterocycles. The number of rotatable bonds is 8. The van der Waals surface area contributed by atoms with Crippen LogP contribution in [-0.2, 0) is 22.6 Å². The molecule has 3 aromatic carbocycles. The molecule has 0 aliphatic rings. The highest BCUT2D eigenvalue weighted by atomic mass is 35.5. The minimum atomic E-state index is -1.09. The summed E-state index contributed by atoms with van der Waals surface area (Å²) >= 11 is 6.03. The van der Waals surface area contributed by atoms with E-state index in [0.717, 1.165) is 27.7 Å². The van der Waals surface area contributed by atoms with Crippen molar-refractivity contribution in [3.63, 3.8) is 0 Å². The van der Waals surface area contributed by atoms with Crippen molar-refractivity contribution in [1.82, 2.24) is 9.88 Å². The zero-order chi connectivity index (χ0) is 24.2. The second kappa shape index (κ2) is 10.0. The largest absolute Gasteiger partial charge is 0.507 e. The Balaban J connectivity index is 1.40. The third-order valence-corrected chi connectivity index (χ3v) is 6.11. The molecule has 1 atom stereocenters. The lowest BCUT2D eigenvalue weighted by Gasteiger charge is -2.16. The lowest BCUT2D eigenvalue weighted by Crippen LogP contribution is -2.42. The third kappa shape index (κ3) is 5.24. The van der Waals surface area contributed by atoms with Gasteiger partial charge >= 0.3 is 5.97 Å². The fraction of sp³-hybridized carbons (Fsp3) is 0.185. The number of nitrogens with zero attached hydrogens (tertiary/aromatic N) is 1. The maximum absolute atomic E-state index is 12.6. The van der Waals surface area contributed by atoms with E-state index in [1.165, 1.54) is 6.07 Å². The Kier molecular flexibility index (Phi) is 6.89. The van der Waals surface area contributed by atoms with Crippen LogP contribution in [0, 0.1) is 6.92 Å². The van der Waals surface area contributed by atoms with Crippen LogP contribution in [0.15, 0.2) is 72.8 Å². The number of carboxylic acid groups (broad SMARTS) is 1. The number of nitrogens with one attached hydrogen (secondary N) is 1. The quantitative estimate of drug-likeness (QED) is 0.327. The second-order valence-corrected chi connectivity index (χ2v) is 8.70. The van der Waals surface area contributed by atoms with E-state index in [-0.39, 0.29) is 24.5 Å². The van der Waals surface area contributed by atoms with Crippen LogP contribution >= 0.6 is 11.6 Å². The summed E-state index contributed by atoms with van der Waals surface area (Å²) in [5.41, 5.74) is 4.21. The number of carbonyl (C=O) groups is 2. The standard InChI is InChI=1S/C27H25ClN2O4/c1-17-14-20-4-2-3-5-24(20)30(17)13-12-26(32)29-23(27(33)34)15-18-6-8-19(9-7-18)22-16-21(28)10-11-25(22)31/h2-11,14,16,23,31H,12-13,15H2,1H3,(H,29,32)(H,33,34)/t23-/m1/s1. The summed E-state index contributed by atoms with van der Waals surface area (Å²) in [5, 5.41) is 24.0. The van der Waals surface area contributed by atoms with Gasteiger partial charge in [-0.1, -0.05) is 54.1 Å². The first-order valence-corrected chi connectivity index (χ1v) is 11.3. The molecule has 4 aromatic rings. The first-order chi connectivity index (χ1) is 16.3. The minimum Gasteiger partial charge on any atom is -0.507 e. The Labute approximate surface area is 202 Å². The normalized spacial score (nSPS) is 11.9. The van der Waals surface area contributed by atoms with Gasteiger partial charge in [0.1, 0.15) is 11.8 Å². The van der Waals surface area contributed by atoms with E-state index in [1.54, 1.807) is 36.4 Å². The Hall–Kier alpha value is -3.77. The molecule has 0 radical (unpaired) electrons. The number of carbonyl (C=O) groups excluding carboxylic acids is 1. The van der Waals surface area contributed by atoms with Crippen molar-refractivity contribution in [2.45, 2.75) is 32.4 Å². The van der Waals surface area contributed by atoms with Crippen molar-refractivity contribution in [3.05, 3.63) is 89.1 Å². The van der Waals surface area contributed by atoms with Crippen molar-refractivity contribution in [2.75, 3.05) is 0 Å². The summed E-state index contributed by atoms with van der Waals surface area (Å²) in [6.45, 7) is 2.46. The molecule has 3 N–H and O–H groups in total. The molecule has 4 rings (SSSR count). The third-order valence-electron chi connectivity index (χ3n) is 5.88. The summed E-state index contributed by atoms with van der Waals surface area (Å²) in [7, 11) is 0. The van der Waals surface area contributed by atoms with E-state index in [9.17, 15) is 19.8 Å². The number of phenolic OH excluding ortho intramolecular Hbond substituents is 1. The van der Waals surface area contributed by atoms with Crippen LogP contribution in [0.1, 0.15) is 17.7 Å². The molecule has 34 heavy (non-hydrogen) atoms. The molecule has 174 valence electrons. The van der Waals surface area contributed by atoms with Gasteiger partial charge in [-0.2, -0.15) is 0 Å². The van der Waals surface area contributed by atoms with E-state index in [4.69, 9.17) is 11.6 Å². The van der Waals surface area contributed by atoms with Crippen molar-refractivity contribution in [1.29, 1.82) is 0 Å². The van der Waals surface area contributed by atoms with Gasteiger partial charge in [0.05, 0.1) is 0 Å². The van der Waals surface area contributed by atoms with Gasteiger partial charge in [-0.15, -0.1) is 0 Å². The predicted molar refractivity (Wildman–Crippen MR) is 133 cm³/mol. The van der Waals surface area contributed by atoms with Gasteiger partial charge in [0.2, 0.25) is 5.91 Å². The first kappa shape index (κ1) is 23.4. The zero-order valence-electron chi connectivity index (χ0n) is 18.7. The van der Waals surface area contributed by atoms with Crippen LogP contribution in [0.5, 0.6) is 5.75 Å². The molecule has 0 saturated carbocycles. The number of aromatic hydroxyl groups is 1. The molecule has 1 amide bonds. The van der Waals surface area contributed by atoms with Gasteiger partial charge in [-0.3, -0.25) is 4.79 Å². The van der Waals surface area contributed by atoms with Crippen molar-refractivity contribution >= 4 is 34.4 Å². The fourth-order valence-electron chi connectivity index (χ4n) is 4.12. The Bertz CT molecular complexity index is 1340. The SMILES string of the molecule is Cc1cc2ccccc2n1CCC(=O)N[C@H](Cc1ccc(-c2cc(Cl)ccc2O)cc1)C(=O)O. The highest BCUT2D eigenvalue weighted by Gasteiger charge is 2.21. The first-order valence-electron chi connectivity index (χ1n) is 11.0. The number of hydrogen-bond acceptors (Lipinski definition) is 3. The number of aliphatic carboxylic acids is 1.